The van der Waals surface area contributed by atoms with E-state index >= 15 is 0 Å². The van der Waals surface area contributed by atoms with E-state index in [0.29, 0.717) is 5.92 Å². The quantitative estimate of drug-likeness (QED) is 0.528. The lowest BCUT2D eigenvalue weighted by Gasteiger charge is -2.37. The summed E-state index contributed by atoms with van der Waals surface area (Å²) in [4.78, 5) is 0. The number of hydrogen-bond donors (Lipinski definition) is 0. The van der Waals surface area contributed by atoms with Gasteiger partial charge in [0, 0.05) is 6.61 Å². The Morgan fingerprint density at radius 2 is 2.27 bits per heavy atom. The van der Waals surface area contributed by atoms with Crippen molar-refractivity contribution >= 4 is 0 Å². The summed E-state index contributed by atoms with van der Waals surface area (Å²) in [6, 6.07) is 0. The Hall–Kier alpha value is -0.300. The minimum atomic E-state index is 0.00694. The molecule has 11 heavy (non-hydrogen) atoms. The highest BCUT2D eigenvalue weighted by Gasteiger charge is 2.31. The highest BCUT2D eigenvalue weighted by molar-refractivity contribution is 5.02. The van der Waals surface area contributed by atoms with Crippen LogP contribution in [-0.4, -0.2) is 12.2 Å². The molecule has 1 heterocycles. The second-order valence-electron chi connectivity index (χ2n) is 3.58. The molecule has 0 N–H and O–H groups in total. The van der Waals surface area contributed by atoms with Crippen LogP contribution >= 0.6 is 0 Å². The van der Waals surface area contributed by atoms with E-state index in [0.717, 1.165) is 6.61 Å². The molecule has 0 aromatic rings. The Kier molecular flexibility index (Phi) is 2.72. The molecular weight excluding hydrogens is 136 g/mol. The standard InChI is InChI=1S/C10H18O/c1-4-7-10(3)9(2)6-5-8-11-10/h4,7,9H,5-6,8H2,1-3H3. The maximum absolute atomic E-state index is 5.73. The Bertz CT molecular complexity index is 151. The molecule has 0 radical (unpaired) electrons. The molecule has 0 spiro atoms. The first-order chi connectivity index (χ1) is 5.19. The van der Waals surface area contributed by atoms with E-state index in [4.69, 9.17) is 4.74 Å². The molecule has 2 unspecified atom stereocenters. The third kappa shape index (κ3) is 1.84. The van der Waals surface area contributed by atoms with Crippen molar-refractivity contribution in [1.82, 2.24) is 0 Å². The van der Waals surface area contributed by atoms with Crippen LogP contribution in [0.1, 0.15) is 33.6 Å². The van der Waals surface area contributed by atoms with Gasteiger partial charge in [-0.3, -0.25) is 0 Å². The van der Waals surface area contributed by atoms with Crippen molar-refractivity contribution in [2.75, 3.05) is 6.61 Å². The molecule has 1 fully saturated rings. The minimum Gasteiger partial charge on any atom is -0.371 e. The first-order valence-electron chi connectivity index (χ1n) is 4.47. The SMILES string of the molecule is CC=CC1(C)OCCCC1C. The zero-order valence-electron chi connectivity index (χ0n) is 7.76. The maximum Gasteiger partial charge on any atom is 0.0859 e. The van der Waals surface area contributed by atoms with E-state index in [1.54, 1.807) is 0 Å². The van der Waals surface area contributed by atoms with E-state index in [1.165, 1.54) is 12.8 Å². The number of ether oxygens (including phenoxy) is 1. The van der Waals surface area contributed by atoms with E-state index < -0.39 is 0 Å². The van der Waals surface area contributed by atoms with Gasteiger partial charge in [0.25, 0.3) is 0 Å². The molecule has 0 saturated carbocycles. The molecular formula is C10H18O. The molecule has 2 atom stereocenters. The fourth-order valence-corrected chi connectivity index (χ4v) is 1.65. The van der Waals surface area contributed by atoms with Crippen molar-refractivity contribution < 1.29 is 4.74 Å². The van der Waals surface area contributed by atoms with Crippen LogP contribution < -0.4 is 0 Å². The van der Waals surface area contributed by atoms with Gasteiger partial charge in [-0.1, -0.05) is 19.1 Å². The lowest BCUT2D eigenvalue weighted by Crippen LogP contribution is -2.38. The Labute approximate surface area is 69.4 Å². The molecule has 64 valence electrons. The van der Waals surface area contributed by atoms with Crippen molar-refractivity contribution in [2.45, 2.75) is 39.2 Å². The third-order valence-corrected chi connectivity index (χ3v) is 2.67. The van der Waals surface area contributed by atoms with E-state index in [-0.39, 0.29) is 5.60 Å². The van der Waals surface area contributed by atoms with Crippen LogP contribution in [0.25, 0.3) is 0 Å². The number of allylic oxidation sites excluding steroid dienone is 1. The van der Waals surface area contributed by atoms with Gasteiger partial charge < -0.3 is 4.74 Å². The van der Waals surface area contributed by atoms with Gasteiger partial charge in [-0.15, -0.1) is 0 Å². The van der Waals surface area contributed by atoms with Crippen molar-refractivity contribution in [3.05, 3.63) is 12.2 Å². The van der Waals surface area contributed by atoms with E-state index in [2.05, 4.69) is 32.9 Å². The first-order valence-corrected chi connectivity index (χ1v) is 4.47. The molecule has 0 bridgehead atoms. The maximum atomic E-state index is 5.73. The average Bonchev–Trinajstić information content (AvgIpc) is 1.96. The number of hydrogen-bond acceptors (Lipinski definition) is 1. The van der Waals surface area contributed by atoms with Crippen molar-refractivity contribution in [3.8, 4) is 0 Å². The Morgan fingerprint density at radius 3 is 2.82 bits per heavy atom. The van der Waals surface area contributed by atoms with Crippen LogP contribution in [0.15, 0.2) is 12.2 Å². The summed E-state index contributed by atoms with van der Waals surface area (Å²) in [6.07, 6.45) is 6.77. The fraction of sp³-hybridized carbons (Fsp3) is 0.800. The molecule has 1 aliphatic heterocycles. The largest absolute Gasteiger partial charge is 0.371 e. The monoisotopic (exact) mass is 154 g/mol. The van der Waals surface area contributed by atoms with Crippen LogP contribution in [0, 0.1) is 5.92 Å². The van der Waals surface area contributed by atoms with E-state index in [1.807, 2.05) is 0 Å². The predicted molar refractivity (Wildman–Crippen MR) is 47.6 cm³/mol. The van der Waals surface area contributed by atoms with Crippen molar-refractivity contribution in [1.29, 1.82) is 0 Å². The lowest BCUT2D eigenvalue weighted by atomic mass is 9.84. The Morgan fingerprint density at radius 1 is 1.55 bits per heavy atom. The normalized spacial score (nSPS) is 39.7. The molecule has 1 nitrogen and oxygen atoms in total. The van der Waals surface area contributed by atoms with Crippen LogP contribution in [0.5, 0.6) is 0 Å². The molecule has 1 saturated heterocycles. The van der Waals surface area contributed by atoms with Gasteiger partial charge >= 0.3 is 0 Å². The summed E-state index contributed by atoms with van der Waals surface area (Å²) in [5.41, 5.74) is 0.00694. The van der Waals surface area contributed by atoms with Crippen LogP contribution in [0.2, 0.25) is 0 Å². The molecule has 0 aromatic heterocycles. The van der Waals surface area contributed by atoms with Gasteiger partial charge in [0.05, 0.1) is 5.60 Å². The predicted octanol–water partition coefficient (Wildman–Crippen LogP) is 2.77. The summed E-state index contributed by atoms with van der Waals surface area (Å²) in [5, 5.41) is 0. The molecule has 1 rings (SSSR count). The summed E-state index contributed by atoms with van der Waals surface area (Å²) >= 11 is 0. The van der Waals surface area contributed by atoms with Crippen LogP contribution in [0.4, 0.5) is 0 Å². The van der Waals surface area contributed by atoms with Gasteiger partial charge in [0.15, 0.2) is 0 Å². The zero-order chi connectivity index (χ0) is 8.32. The summed E-state index contributed by atoms with van der Waals surface area (Å²) in [5.74, 6) is 0.660. The van der Waals surface area contributed by atoms with Gasteiger partial charge in [-0.05, 0) is 32.6 Å². The van der Waals surface area contributed by atoms with Crippen molar-refractivity contribution in [3.63, 3.8) is 0 Å². The molecule has 0 aliphatic carbocycles. The average molecular weight is 154 g/mol. The van der Waals surface area contributed by atoms with Crippen LogP contribution in [0.3, 0.4) is 0 Å². The second-order valence-corrected chi connectivity index (χ2v) is 3.58. The van der Waals surface area contributed by atoms with Crippen molar-refractivity contribution in [2.24, 2.45) is 5.92 Å². The van der Waals surface area contributed by atoms with Crippen LogP contribution in [-0.2, 0) is 4.74 Å². The summed E-state index contributed by atoms with van der Waals surface area (Å²) < 4.78 is 5.73. The van der Waals surface area contributed by atoms with Gasteiger partial charge in [0.1, 0.15) is 0 Å². The smallest absolute Gasteiger partial charge is 0.0859 e. The van der Waals surface area contributed by atoms with Gasteiger partial charge in [-0.2, -0.15) is 0 Å². The fourth-order valence-electron chi connectivity index (χ4n) is 1.65. The van der Waals surface area contributed by atoms with E-state index in [9.17, 15) is 0 Å². The Balaban J connectivity index is 2.64. The van der Waals surface area contributed by atoms with Gasteiger partial charge in [-0.25, -0.2) is 0 Å². The molecule has 1 aliphatic rings. The lowest BCUT2D eigenvalue weighted by molar-refractivity contribution is -0.0664. The third-order valence-electron chi connectivity index (χ3n) is 2.67. The first kappa shape index (κ1) is 8.79. The molecule has 1 heteroatoms. The molecule has 0 aromatic carbocycles. The van der Waals surface area contributed by atoms with Gasteiger partial charge in [0.2, 0.25) is 0 Å². The molecule has 0 amide bonds. The highest BCUT2D eigenvalue weighted by atomic mass is 16.5. The highest BCUT2D eigenvalue weighted by Crippen LogP contribution is 2.31. The number of rotatable bonds is 1. The second kappa shape index (κ2) is 3.40. The zero-order valence-corrected chi connectivity index (χ0v) is 7.76. The summed E-state index contributed by atoms with van der Waals surface area (Å²) in [7, 11) is 0. The minimum absolute atomic E-state index is 0.00694. The summed E-state index contributed by atoms with van der Waals surface area (Å²) in [6.45, 7) is 7.41. The topological polar surface area (TPSA) is 9.23 Å².